The van der Waals surface area contributed by atoms with Gasteiger partial charge in [0.2, 0.25) is 0 Å². The molecule has 1 aromatic rings. The predicted molar refractivity (Wildman–Crippen MR) is 72.2 cm³/mol. The van der Waals surface area contributed by atoms with E-state index in [0.29, 0.717) is 29.7 Å². The highest BCUT2D eigenvalue weighted by molar-refractivity contribution is 6.30. The van der Waals surface area contributed by atoms with Gasteiger partial charge in [0.1, 0.15) is 0 Å². The molecule has 1 aliphatic heterocycles. The van der Waals surface area contributed by atoms with E-state index in [2.05, 4.69) is 5.32 Å². The molecule has 4 heteroatoms. The summed E-state index contributed by atoms with van der Waals surface area (Å²) < 4.78 is 5.71. The number of Topliss-reactive ketones (excluding diaryl/α,β-unsaturated/α-hetero) is 1. The van der Waals surface area contributed by atoms with E-state index in [1.54, 1.807) is 24.3 Å². The van der Waals surface area contributed by atoms with Gasteiger partial charge in [0.15, 0.2) is 5.78 Å². The Morgan fingerprint density at radius 1 is 1.28 bits per heavy atom. The molecule has 0 amide bonds. The van der Waals surface area contributed by atoms with Gasteiger partial charge in [-0.2, -0.15) is 0 Å². The SMILES string of the molecule is O=C(CCOC1CCNCC1)c1ccc(Cl)cc1. The highest BCUT2D eigenvalue weighted by Gasteiger charge is 2.14. The van der Waals surface area contributed by atoms with Gasteiger partial charge in [-0.05, 0) is 50.2 Å². The van der Waals surface area contributed by atoms with Crippen molar-refractivity contribution in [2.45, 2.75) is 25.4 Å². The zero-order valence-corrected chi connectivity index (χ0v) is 11.1. The van der Waals surface area contributed by atoms with Crippen LogP contribution in [-0.2, 0) is 4.74 Å². The smallest absolute Gasteiger partial charge is 0.165 e. The van der Waals surface area contributed by atoms with Gasteiger partial charge in [0.25, 0.3) is 0 Å². The van der Waals surface area contributed by atoms with Crippen molar-refractivity contribution in [3.05, 3.63) is 34.9 Å². The maximum Gasteiger partial charge on any atom is 0.165 e. The quantitative estimate of drug-likeness (QED) is 0.834. The van der Waals surface area contributed by atoms with Crippen molar-refractivity contribution in [2.75, 3.05) is 19.7 Å². The zero-order valence-electron chi connectivity index (χ0n) is 10.3. The zero-order chi connectivity index (χ0) is 12.8. The second-order valence-corrected chi connectivity index (χ2v) is 4.94. The molecule has 2 rings (SSSR count). The highest BCUT2D eigenvalue weighted by Crippen LogP contribution is 2.12. The number of ketones is 1. The number of piperidine rings is 1. The van der Waals surface area contributed by atoms with Crippen LogP contribution in [0.4, 0.5) is 0 Å². The number of nitrogens with one attached hydrogen (secondary N) is 1. The first-order chi connectivity index (χ1) is 8.75. The van der Waals surface area contributed by atoms with Gasteiger partial charge < -0.3 is 10.1 Å². The fraction of sp³-hybridized carbons (Fsp3) is 0.500. The summed E-state index contributed by atoms with van der Waals surface area (Å²) in [6.07, 6.45) is 2.82. The van der Waals surface area contributed by atoms with E-state index in [1.807, 2.05) is 0 Å². The second kappa shape index (κ2) is 6.88. The standard InChI is InChI=1S/C14H18ClNO2/c15-12-3-1-11(2-4-12)14(17)7-10-18-13-5-8-16-9-6-13/h1-4,13,16H,5-10H2. The van der Waals surface area contributed by atoms with Crippen LogP contribution in [0.2, 0.25) is 5.02 Å². The third kappa shape index (κ3) is 4.09. The van der Waals surface area contributed by atoms with Crippen LogP contribution in [0.1, 0.15) is 29.6 Å². The molecule has 1 saturated heterocycles. The number of halogens is 1. The average Bonchev–Trinajstić information content (AvgIpc) is 2.40. The molecular weight excluding hydrogens is 250 g/mol. The topological polar surface area (TPSA) is 38.3 Å². The minimum atomic E-state index is 0.112. The molecule has 1 heterocycles. The lowest BCUT2D eigenvalue weighted by atomic mass is 10.1. The monoisotopic (exact) mass is 267 g/mol. The van der Waals surface area contributed by atoms with E-state index in [0.717, 1.165) is 25.9 Å². The average molecular weight is 268 g/mol. The van der Waals surface area contributed by atoms with Crippen LogP contribution in [0.5, 0.6) is 0 Å². The van der Waals surface area contributed by atoms with E-state index in [9.17, 15) is 4.79 Å². The summed E-state index contributed by atoms with van der Waals surface area (Å²) in [5.41, 5.74) is 0.702. The Bertz CT molecular complexity index is 385. The number of hydrogen-bond acceptors (Lipinski definition) is 3. The third-order valence-electron chi connectivity index (χ3n) is 3.14. The van der Waals surface area contributed by atoms with Gasteiger partial charge in [-0.1, -0.05) is 11.6 Å². The minimum absolute atomic E-state index is 0.112. The van der Waals surface area contributed by atoms with E-state index in [1.165, 1.54) is 0 Å². The third-order valence-corrected chi connectivity index (χ3v) is 3.39. The first-order valence-corrected chi connectivity index (χ1v) is 6.74. The van der Waals surface area contributed by atoms with Crippen LogP contribution in [0.25, 0.3) is 0 Å². The van der Waals surface area contributed by atoms with Gasteiger partial charge in [-0.15, -0.1) is 0 Å². The molecule has 0 radical (unpaired) electrons. The largest absolute Gasteiger partial charge is 0.378 e. The van der Waals surface area contributed by atoms with Crippen molar-refractivity contribution in [3.63, 3.8) is 0 Å². The summed E-state index contributed by atoms with van der Waals surface area (Å²) in [5, 5.41) is 3.94. The molecule has 0 spiro atoms. The molecular formula is C14H18ClNO2. The van der Waals surface area contributed by atoms with Crippen molar-refractivity contribution in [2.24, 2.45) is 0 Å². The molecule has 98 valence electrons. The molecule has 1 aliphatic rings. The first kappa shape index (κ1) is 13.5. The van der Waals surface area contributed by atoms with Gasteiger partial charge in [-0.3, -0.25) is 4.79 Å². The fourth-order valence-corrected chi connectivity index (χ4v) is 2.19. The van der Waals surface area contributed by atoms with Gasteiger partial charge in [-0.25, -0.2) is 0 Å². The van der Waals surface area contributed by atoms with Gasteiger partial charge in [0.05, 0.1) is 12.7 Å². The minimum Gasteiger partial charge on any atom is -0.378 e. The van der Waals surface area contributed by atoms with E-state index in [4.69, 9.17) is 16.3 Å². The number of rotatable bonds is 5. The van der Waals surface area contributed by atoms with Crippen molar-refractivity contribution < 1.29 is 9.53 Å². The molecule has 0 atom stereocenters. The number of ether oxygens (including phenoxy) is 1. The number of carbonyl (C=O) groups excluding carboxylic acids is 1. The number of benzene rings is 1. The van der Waals surface area contributed by atoms with Crippen LogP contribution in [-0.4, -0.2) is 31.6 Å². The van der Waals surface area contributed by atoms with Crippen LogP contribution < -0.4 is 5.32 Å². The summed E-state index contributed by atoms with van der Waals surface area (Å²) in [7, 11) is 0. The van der Waals surface area contributed by atoms with Gasteiger partial charge >= 0.3 is 0 Å². The van der Waals surface area contributed by atoms with E-state index < -0.39 is 0 Å². The lowest BCUT2D eigenvalue weighted by Crippen LogP contribution is -2.32. The molecule has 1 aromatic carbocycles. The summed E-state index contributed by atoms with van der Waals surface area (Å²) in [6.45, 7) is 2.53. The highest BCUT2D eigenvalue weighted by atomic mass is 35.5. The van der Waals surface area contributed by atoms with E-state index >= 15 is 0 Å². The Kier molecular flexibility index (Phi) is 5.17. The molecule has 1 fully saturated rings. The van der Waals surface area contributed by atoms with Gasteiger partial charge in [0, 0.05) is 17.0 Å². The van der Waals surface area contributed by atoms with Crippen LogP contribution in [0, 0.1) is 0 Å². The molecule has 1 N–H and O–H groups in total. The Morgan fingerprint density at radius 3 is 2.61 bits per heavy atom. The van der Waals surface area contributed by atoms with E-state index in [-0.39, 0.29) is 5.78 Å². The molecule has 0 saturated carbocycles. The Labute approximate surface area is 112 Å². The Morgan fingerprint density at radius 2 is 1.94 bits per heavy atom. The summed E-state index contributed by atoms with van der Waals surface area (Å²) >= 11 is 5.78. The maximum atomic E-state index is 11.9. The second-order valence-electron chi connectivity index (χ2n) is 4.50. The molecule has 18 heavy (non-hydrogen) atoms. The fourth-order valence-electron chi connectivity index (χ4n) is 2.06. The van der Waals surface area contributed by atoms with Crippen molar-refractivity contribution in [1.29, 1.82) is 0 Å². The Hall–Kier alpha value is -0.900. The summed E-state index contributed by atoms with van der Waals surface area (Å²) in [5.74, 6) is 0.112. The van der Waals surface area contributed by atoms with Crippen molar-refractivity contribution in [1.82, 2.24) is 5.32 Å². The normalized spacial score (nSPS) is 16.7. The Balaban J connectivity index is 1.72. The molecule has 0 unspecified atom stereocenters. The molecule has 3 nitrogen and oxygen atoms in total. The number of carbonyl (C=O) groups is 1. The first-order valence-electron chi connectivity index (χ1n) is 6.37. The van der Waals surface area contributed by atoms with Crippen LogP contribution in [0.3, 0.4) is 0 Å². The maximum absolute atomic E-state index is 11.9. The summed E-state index contributed by atoms with van der Waals surface area (Å²) in [6, 6.07) is 7.00. The molecule has 0 aromatic heterocycles. The summed E-state index contributed by atoms with van der Waals surface area (Å²) in [4.78, 5) is 11.9. The van der Waals surface area contributed by atoms with Crippen LogP contribution >= 0.6 is 11.6 Å². The lowest BCUT2D eigenvalue weighted by Gasteiger charge is -2.22. The van der Waals surface area contributed by atoms with Crippen molar-refractivity contribution in [3.8, 4) is 0 Å². The van der Waals surface area contributed by atoms with Crippen molar-refractivity contribution >= 4 is 17.4 Å². The molecule has 0 aliphatic carbocycles. The number of hydrogen-bond donors (Lipinski definition) is 1. The van der Waals surface area contributed by atoms with Crippen LogP contribution in [0.15, 0.2) is 24.3 Å². The molecule has 0 bridgehead atoms. The lowest BCUT2D eigenvalue weighted by molar-refractivity contribution is 0.0313. The predicted octanol–water partition coefficient (Wildman–Crippen LogP) is 2.68.